The Balaban J connectivity index is 1.69. The molecule has 0 spiro atoms. The maximum absolute atomic E-state index is 12.1. The van der Waals surface area contributed by atoms with Gasteiger partial charge in [-0.25, -0.2) is 4.79 Å². The van der Waals surface area contributed by atoms with Gasteiger partial charge in [-0.05, 0) is 37.5 Å². The SMILES string of the molecule is CC(C)CNC(=O)N1CCCC(CC(=O)NC2CC(C(=O)O)C2)C1. The molecule has 2 fully saturated rings. The van der Waals surface area contributed by atoms with E-state index in [-0.39, 0.29) is 29.8 Å². The maximum atomic E-state index is 12.1. The van der Waals surface area contributed by atoms with Crippen molar-refractivity contribution >= 4 is 17.9 Å². The molecule has 7 heteroatoms. The summed E-state index contributed by atoms with van der Waals surface area (Å²) in [5.41, 5.74) is 0. The molecule has 2 aliphatic rings. The van der Waals surface area contributed by atoms with Gasteiger partial charge in [0.15, 0.2) is 0 Å². The van der Waals surface area contributed by atoms with Crippen molar-refractivity contribution in [1.29, 1.82) is 0 Å². The molecule has 24 heavy (non-hydrogen) atoms. The lowest BCUT2D eigenvalue weighted by Crippen LogP contribution is -2.49. The summed E-state index contributed by atoms with van der Waals surface area (Å²) in [6, 6.07) is -0.0512. The predicted molar refractivity (Wildman–Crippen MR) is 89.4 cm³/mol. The summed E-state index contributed by atoms with van der Waals surface area (Å²) in [6.07, 6.45) is 3.31. The number of hydrogen-bond donors (Lipinski definition) is 3. The summed E-state index contributed by atoms with van der Waals surface area (Å²) in [7, 11) is 0. The largest absolute Gasteiger partial charge is 0.481 e. The molecule has 0 aromatic heterocycles. The van der Waals surface area contributed by atoms with Crippen molar-refractivity contribution in [3.8, 4) is 0 Å². The molecular formula is C17H29N3O4. The normalized spacial score (nSPS) is 26.6. The second-order valence-electron chi connectivity index (χ2n) is 7.51. The van der Waals surface area contributed by atoms with Gasteiger partial charge in [0.2, 0.25) is 5.91 Å². The van der Waals surface area contributed by atoms with Crippen molar-refractivity contribution in [2.45, 2.75) is 52.0 Å². The van der Waals surface area contributed by atoms with Gasteiger partial charge in [0.25, 0.3) is 0 Å². The van der Waals surface area contributed by atoms with Crippen LogP contribution in [0.15, 0.2) is 0 Å². The minimum Gasteiger partial charge on any atom is -0.481 e. The molecule has 136 valence electrons. The zero-order valence-corrected chi connectivity index (χ0v) is 14.6. The van der Waals surface area contributed by atoms with Gasteiger partial charge >= 0.3 is 12.0 Å². The molecule has 1 aliphatic carbocycles. The highest BCUT2D eigenvalue weighted by atomic mass is 16.4. The van der Waals surface area contributed by atoms with Crippen LogP contribution in [0.4, 0.5) is 4.79 Å². The molecule has 3 N–H and O–H groups in total. The molecule has 1 atom stereocenters. The Morgan fingerprint density at radius 2 is 1.96 bits per heavy atom. The lowest BCUT2D eigenvalue weighted by Gasteiger charge is -2.35. The number of amides is 3. The Bertz CT molecular complexity index is 474. The fraction of sp³-hybridized carbons (Fsp3) is 0.824. The van der Waals surface area contributed by atoms with Crippen molar-refractivity contribution in [3.63, 3.8) is 0 Å². The van der Waals surface area contributed by atoms with Crippen LogP contribution in [0, 0.1) is 17.8 Å². The Kier molecular flexibility index (Phi) is 6.45. The summed E-state index contributed by atoms with van der Waals surface area (Å²) in [6.45, 7) is 6.12. The molecule has 1 unspecified atom stereocenters. The van der Waals surface area contributed by atoms with E-state index in [0.717, 1.165) is 19.4 Å². The predicted octanol–water partition coefficient (Wildman–Crippen LogP) is 1.43. The third kappa shape index (κ3) is 5.39. The van der Waals surface area contributed by atoms with Crippen molar-refractivity contribution in [1.82, 2.24) is 15.5 Å². The average Bonchev–Trinajstić information content (AvgIpc) is 2.47. The van der Waals surface area contributed by atoms with Gasteiger partial charge in [0.05, 0.1) is 5.92 Å². The fourth-order valence-corrected chi connectivity index (χ4v) is 3.31. The highest BCUT2D eigenvalue weighted by molar-refractivity contribution is 5.78. The Labute approximate surface area is 143 Å². The van der Waals surface area contributed by atoms with Crippen molar-refractivity contribution in [2.24, 2.45) is 17.8 Å². The first-order valence-electron chi connectivity index (χ1n) is 8.90. The molecule has 0 bridgehead atoms. The van der Waals surface area contributed by atoms with Crippen molar-refractivity contribution < 1.29 is 19.5 Å². The van der Waals surface area contributed by atoms with E-state index in [1.165, 1.54) is 0 Å². The molecule has 1 heterocycles. The first kappa shape index (κ1) is 18.5. The number of nitrogens with one attached hydrogen (secondary N) is 2. The molecular weight excluding hydrogens is 310 g/mol. The van der Waals surface area contributed by atoms with E-state index in [0.29, 0.717) is 38.3 Å². The van der Waals surface area contributed by atoms with E-state index in [9.17, 15) is 14.4 Å². The fourth-order valence-electron chi connectivity index (χ4n) is 3.31. The van der Waals surface area contributed by atoms with Gasteiger partial charge in [-0.15, -0.1) is 0 Å². The van der Waals surface area contributed by atoms with Crippen LogP contribution in [-0.4, -0.2) is 53.6 Å². The van der Waals surface area contributed by atoms with Crippen LogP contribution in [0.25, 0.3) is 0 Å². The number of piperidine rings is 1. The molecule has 0 radical (unpaired) electrons. The van der Waals surface area contributed by atoms with Crippen LogP contribution in [0.2, 0.25) is 0 Å². The molecule has 0 aromatic rings. The Morgan fingerprint density at radius 1 is 1.25 bits per heavy atom. The van der Waals surface area contributed by atoms with E-state index in [1.807, 2.05) is 0 Å². The molecule has 1 saturated heterocycles. The number of aliphatic carboxylic acids is 1. The van der Waals surface area contributed by atoms with E-state index >= 15 is 0 Å². The topological polar surface area (TPSA) is 98.7 Å². The number of rotatable bonds is 6. The minimum absolute atomic E-state index is 0.00682. The molecule has 1 aliphatic heterocycles. The van der Waals surface area contributed by atoms with E-state index in [4.69, 9.17) is 5.11 Å². The van der Waals surface area contributed by atoms with Crippen LogP contribution in [0.3, 0.4) is 0 Å². The highest BCUT2D eigenvalue weighted by Gasteiger charge is 2.35. The first-order chi connectivity index (χ1) is 11.3. The summed E-state index contributed by atoms with van der Waals surface area (Å²) >= 11 is 0. The summed E-state index contributed by atoms with van der Waals surface area (Å²) in [5.74, 6) is -0.532. The van der Waals surface area contributed by atoms with Gasteiger partial charge in [-0.2, -0.15) is 0 Å². The standard InChI is InChI=1S/C17H29N3O4/c1-11(2)9-18-17(24)20-5-3-4-12(10-20)6-15(21)19-14-7-13(8-14)16(22)23/h11-14H,3-10H2,1-2H3,(H,18,24)(H,19,21)(H,22,23). The Morgan fingerprint density at radius 3 is 2.58 bits per heavy atom. The first-order valence-corrected chi connectivity index (χ1v) is 8.90. The second kappa shape index (κ2) is 8.35. The van der Waals surface area contributed by atoms with E-state index in [2.05, 4.69) is 24.5 Å². The zero-order chi connectivity index (χ0) is 17.7. The molecule has 2 rings (SSSR count). The third-order valence-electron chi connectivity index (χ3n) is 4.79. The molecule has 0 aromatic carbocycles. The van der Waals surface area contributed by atoms with Crippen LogP contribution < -0.4 is 10.6 Å². The van der Waals surface area contributed by atoms with Crippen molar-refractivity contribution in [2.75, 3.05) is 19.6 Å². The van der Waals surface area contributed by atoms with Gasteiger partial charge in [-0.1, -0.05) is 13.8 Å². The third-order valence-corrected chi connectivity index (χ3v) is 4.79. The smallest absolute Gasteiger partial charge is 0.317 e. The maximum Gasteiger partial charge on any atom is 0.317 e. The number of carboxylic acids is 1. The van der Waals surface area contributed by atoms with Crippen LogP contribution in [0.1, 0.15) is 46.0 Å². The molecule has 7 nitrogen and oxygen atoms in total. The van der Waals surface area contributed by atoms with Gasteiger partial charge in [0.1, 0.15) is 0 Å². The lowest BCUT2D eigenvalue weighted by molar-refractivity contribution is -0.146. The second-order valence-corrected chi connectivity index (χ2v) is 7.51. The van der Waals surface area contributed by atoms with Crippen LogP contribution >= 0.6 is 0 Å². The monoisotopic (exact) mass is 339 g/mol. The molecule has 3 amide bonds. The number of carbonyl (C=O) groups excluding carboxylic acids is 2. The highest BCUT2D eigenvalue weighted by Crippen LogP contribution is 2.28. The van der Waals surface area contributed by atoms with Crippen LogP contribution in [0.5, 0.6) is 0 Å². The quantitative estimate of drug-likeness (QED) is 0.682. The number of hydrogen-bond acceptors (Lipinski definition) is 3. The number of urea groups is 1. The number of carbonyl (C=O) groups is 3. The summed E-state index contributed by atoms with van der Waals surface area (Å²) in [5, 5.41) is 14.7. The number of likely N-dealkylation sites (tertiary alicyclic amines) is 1. The lowest BCUT2D eigenvalue weighted by atomic mass is 9.80. The Hall–Kier alpha value is -1.79. The zero-order valence-electron chi connectivity index (χ0n) is 14.6. The molecule has 1 saturated carbocycles. The average molecular weight is 339 g/mol. The van der Waals surface area contributed by atoms with Gasteiger partial charge in [0, 0.05) is 32.1 Å². The number of nitrogens with zero attached hydrogens (tertiary/aromatic N) is 1. The summed E-state index contributed by atoms with van der Waals surface area (Å²) in [4.78, 5) is 36.8. The van der Waals surface area contributed by atoms with E-state index < -0.39 is 5.97 Å². The van der Waals surface area contributed by atoms with Crippen LogP contribution in [-0.2, 0) is 9.59 Å². The minimum atomic E-state index is -0.782. The van der Waals surface area contributed by atoms with Gasteiger partial charge in [-0.3, -0.25) is 9.59 Å². The van der Waals surface area contributed by atoms with E-state index in [1.54, 1.807) is 4.90 Å². The van der Waals surface area contributed by atoms with Gasteiger partial charge < -0.3 is 20.6 Å². The summed E-state index contributed by atoms with van der Waals surface area (Å²) < 4.78 is 0. The van der Waals surface area contributed by atoms with Crippen molar-refractivity contribution in [3.05, 3.63) is 0 Å². The number of carboxylic acid groups (broad SMARTS) is 1.